The molecular weight excluding hydrogens is 350 g/mol. The van der Waals surface area contributed by atoms with Gasteiger partial charge >= 0.3 is 5.97 Å². The number of hydrogen-bond acceptors (Lipinski definition) is 7. The fourth-order valence-corrected chi connectivity index (χ4v) is 7.57. The number of esters is 1. The van der Waals surface area contributed by atoms with Gasteiger partial charge in [-0.05, 0) is 32.4 Å². The Kier molecular flexibility index (Phi) is 4.18. The summed E-state index contributed by atoms with van der Waals surface area (Å²) >= 11 is 0.662. The first kappa shape index (κ1) is 17.4. The van der Waals surface area contributed by atoms with E-state index in [9.17, 15) is 21.6 Å². The third-order valence-electron chi connectivity index (χ3n) is 2.96. The minimum absolute atomic E-state index is 0.0636. The van der Waals surface area contributed by atoms with Gasteiger partial charge in [0, 0.05) is 12.0 Å². The second-order valence-electron chi connectivity index (χ2n) is 5.99. The number of fused-ring (bicyclic) bond motifs is 1. The number of carbonyl (C=O) groups is 1. The van der Waals surface area contributed by atoms with Crippen molar-refractivity contribution in [1.29, 1.82) is 0 Å². The SMILES string of the molecule is COC(=O)C1Cc2cc(S(=O)(=O)NC(C)(C)C)sc2S1(=O)=O. The van der Waals surface area contributed by atoms with Gasteiger partial charge in [-0.3, -0.25) is 4.79 Å². The highest BCUT2D eigenvalue weighted by Gasteiger charge is 2.45. The van der Waals surface area contributed by atoms with E-state index in [2.05, 4.69) is 9.46 Å². The second kappa shape index (κ2) is 5.29. The third kappa shape index (κ3) is 3.05. The van der Waals surface area contributed by atoms with E-state index < -0.39 is 36.6 Å². The van der Waals surface area contributed by atoms with Crippen LogP contribution in [0.3, 0.4) is 0 Å². The number of hydrogen-bond donors (Lipinski definition) is 1. The molecule has 22 heavy (non-hydrogen) atoms. The third-order valence-corrected chi connectivity index (χ3v) is 8.99. The molecule has 1 atom stereocenters. The Hall–Kier alpha value is -0.970. The summed E-state index contributed by atoms with van der Waals surface area (Å²) < 4.78 is 55.9. The van der Waals surface area contributed by atoms with Gasteiger partial charge in [0.15, 0.2) is 5.25 Å². The number of methoxy groups -OCH3 is 1. The molecule has 0 amide bonds. The van der Waals surface area contributed by atoms with E-state index >= 15 is 0 Å². The summed E-state index contributed by atoms with van der Waals surface area (Å²) in [5.41, 5.74) is -0.338. The van der Waals surface area contributed by atoms with Crippen molar-refractivity contribution in [3.05, 3.63) is 11.6 Å². The van der Waals surface area contributed by atoms with Crippen LogP contribution in [0.5, 0.6) is 0 Å². The van der Waals surface area contributed by atoms with Gasteiger partial charge in [0.2, 0.25) is 9.84 Å². The van der Waals surface area contributed by atoms with E-state index in [1.165, 1.54) is 6.07 Å². The van der Waals surface area contributed by atoms with Gasteiger partial charge < -0.3 is 4.74 Å². The maximum Gasteiger partial charge on any atom is 0.324 e. The summed E-state index contributed by atoms with van der Waals surface area (Å²) in [6, 6.07) is 1.31. The van der Waals surface area contributed by atoms with E-state index in [1.807, 2.05) is 0 Å². The Morgan fingerprint density at radius 2 is 2.00 bits per heavy atom. The lowest BCUT2D eigenvalue weighted by Gasteiger charge is -2.19. The molecule has 2 heterocycles. The Labute approximate surface area is 133 Å². The Bertz CT molecular complexity index is 814. The quantitative estimate of drug-likeness (QED) is 0.788. The van der Waals surface area contributed by atoms with Crippen molar-refractivity contribution < 1.29 is 26.4 Å². The number of carbonyl (C=O) groups excluding carboxylic acids is 1. The average molecular weight is 367 g/mol. The molecule has 10 heteroatoms. The summed E-state index contributed by atoms with van der Waals surface area (Å²) in [7, 11) is -6.57. The molecule has 1 aliphatic heterocycles. The van der Waals surface area contributed by atoms with Crippen LogP contribution in [0.25, 0.3) is 0 Å². The first-order valence-corrected chi connectivity index (χ1v) is 10.2. The summed E-state index contributed by atoms with van der Waals surface area (Å²) in [5, 5.41) is -1.29. The number of ether oxygens (including phenoxy) is 1. The van der Waals surface area contributed by atoms with Crippen LogP contribution in [0.15, 0.2) is 14.5 Å². The van der Waals surface area contributed by atoms with Crippen LogP contribution in [0.1, 0.15) is 26.3 Å². The Morgan fingerprint density at radius 3 is 2.45 bits per heavy atom. The van der Waals surface area contributed by atoms with Crippen molar-refractivity contribution in [2.75, 3.05) is 7.11 Å². The van der Waals surface area contributed by atoms with E-state index in [0.29, 0.717) is 16.9 Å². The molecule has 0 aliphatic carbocycles. The molecule has 0 fully saturated rings. The second-order valence-corrected chi connectivity index (χ2v) is 11.3. The Balaban J connectivity index is 2.42. The normalized spacial score (nSPS) is 20.6. The fraction of sp³-hybridized carbons (Fsp3) is 0.583. The molecule has 0 saturated heterocycles. The Morgan fingerprint density at radius 1 is 1.41 bits per heavy atom. The van der Waals surface area contributed by atoms with Gasteiger partial charge in [-0.25, -0.2) is 21.6 Å². The maximum atomic E-state index is 12.3. The van der Waals surface area contributed by atoms with Crippen LogP contribution in [0, 0.1) is 0 Å². The zero-order chi connectivity index (χ0) is 16.9. The monoisotopic (exact) mass is 367 g/mol. The lowest BCUT2D eigenvalue weighted by Crippen LogP contribution is -2.40. The molecule has 1 N–H and O–H groups in total. The van der Waals surface area contributed by atoms with Crippen molar-refractivity contribution in [3.63, 3.8) is 0 Å². The number of rotatable bonds is 3. The highest BCUT2D eigenvalue weighted by atomic mass is 32.3. The van der Waals surface area contributed by atoms with E-state index in [0.717, 1.165) is 7.11 Å². The topological polar surface area (TPSA) is 107 Å². The van der Waals surface area contributed by atoms with Crippen LogP contribution in [-0.4, -0.2) is 40.7 Å². The lowest BCUT2D eigenvalue weighted by atomic mass is 10.1. The van der Waals surface area contributed by atoms with Gasteiger partial charge in [0.05, 0.1) is 7.11 Å². The van der Waals surface area contributed by atoms with Gasteiger partial charge in [-0.1, -0.05) is 0 Å². The van der Waals surface area contributed by atoms with Crippen LogP contribution in [0.4, 0.5) is 0 Å². The first-order valence-electron chi connectivity index (χ1n) is 6.37. The van der Waals surface area contributed by atoms with Crippen LogP contribution in [0.2, 0.25) is 0 Å². The van der Waals surface area contributed by atoms with Crippen molar-refractivity contribution >= 4 is 37.2 Å². The molecule has 0 spiro atoms. The van der Waals surface area contributed by atoms with Gasteiger partial charge in [0.1, 0.15) is 8.42 Å². The summed E-state index contributed by atoms with van der Waals surface area (Å²) in [4.78, 5) is 11.5. The van der Waals surface area contributed by atoms with Crippen LogP contribution >= 0.6 is 11.3 Å². The summed E-state index contributed by atoms with van der Waals surface area (Å²) in [5.74, 6) is -0.833. The number of sulfonamides is 1. The lowest BCUT2D eigenvalue weighted by molar-refractivity contribution is -0.140. The van der Waals surface area contributed by atoms with Gasteiger partial charge in [-0.2, -0.15) is 0 Å². The number of sulfone groups is 1. The maximum absolute atomic E-state index is 12.3. The minimum Gasteiger partial charge on any atom is -0.468 e. The molecule has 124 valence electrons. The van der Waals surface area contributed by atoms with Crippen molar-refractivity contribution in [2.24, 2.45) is 0 Å². The molecule has 0 saturated carbocycles. The molecule has 1 aromatic heterocycles. The largest absolute Gasteiger partial charge is 0.468 e. The molecule has 2 rings (SSSR count). The smallest absolute Gasteiger partial charge is 0.324 e. The van der Waals surface area contributed by atoms with E-state index in [-0.39, 0.29) is 14.8 Å². The highest BCUT2D eigenvalue weighted by molar-refractivity contribution is 7.96. The first-order chi connectivity index (χ1) is 9.88. The van der Waals surface area contributed by atoms with Crippen LogP contribution in [-0.2, 0) is 35.8 Å². The highest BCUT2D eigenvalue weighted by Crippen LogP contribution is 2.40. The predicted molar refractivity (Wildman–Crippen MR) is 81.1 cm³/mol. The fourth-order valence-electron chi connectivity index (χ4n) is 2.14. The van der Waals surface area contributed by atoms with Gasteiger partial charge in [0.25, 0.3) is 10.0 Å². The molecule has 1 unspecified atom stereocenters. The van der Waals surface area contributed by atoms with Crippen molar-refractivity contribution in [2.45, 2.75) is 46.4 Å². The van der Waals surface area contributed by atoms with Crippen molar-refractivity contribution in [3.8, 4) is 0 Å². The molecule has 1 aromatic rings. The predicted octanol–water partition coefficient (Wildman–Crippen LogP) is 0.696. The standard InChI is InChI=1S/C12H17NO6S3/c1-12(2,3)13-22(17,18)9-6-7-5-8(10(14)19-4)21(15,16)11(7)20-9/h6,8,13H,5H2,1-4H3. The van der Waals surface area contributed by atoms with E-state index in [1.54, 1.807) is 20.8 Å². The van der Waals surface area contributed by atoms with Gasteiger partial charge in [-0.15, -0.1) is 11.3 Å². The van der Waals surface area contributed by atoms with Crippen LogP contribution < -0.4 is 4.72 Å². The molecule has 0 radical (unpaired) electrons. The molecule has 1 aliphatic rings. The average Bonchev–Trinajstić information content (AvgIpc) is 2.85. The van der Waals surface area contributed by atoms with E-state index in [4.69, 9.17) is 0 Å². The molecule has 0 bridgehead atoms. The molecule has 0 aromatic carbocycles. The molecular formula is C12H17NO6S3. The summed E-state index contributed by atoms with van der Waals surface area (Å²) in [6.45, 7) is 5.07. The summed E-state index contributed by atoms with van der Waals surface area (Å²) in [6.07, 6.45) is -0.0636. The van der Waals surface area contributed by atoms with Crippen molar-refractivity contribution in [1.82, 2.24) is 4.72 Å². The zero-order valence-corrected chi connectivity index (χ0v) is 15.0. The zero-order valence-electron chi connectivity index (χ0n) is 12.5. The number of thiophene rings is 1. The number of nitrogens with one attached hydrogen (secondary N) is 1. The molecule has 7 nitrogen and oxygen atoms in total. The minimum atomic E-state index is -3.89.